The minimum atomic E-state index is -3.37. The van der Waals surface area contributed by atoms with Crippen LogP contribution in [0.25, 0.3) is 0 Å². The minimum Gasteiger partial charge on any atom is -0.314 e. The molecule has 1 rings (SSSR count). The van der Waals surface area contributed by atoms with Crippen LogP contribution < -0.4 is 10.0 Å². The van der Waals surface area contributed by atoms with Crippen molar-refractivity contribution in [3.8, 4) is 0 Å². The van der Waals surface area contributed by atoms with Crippen LogP contribution in [0.3, 0.4) is 0 Å². The van der Waals surface area contributed by atoms with Crippen LogP contribution in [0.1, 0.15) is 25.8 Å². The van der Waals surface area contributed by atoms with Crippen molar-refractivity contribution in [1.82, 2.24) is 10.0 Å². The quantitative estimate of drug-likeness (QED) is 0.407. The molecule has 0 aliphatic carbocycles. The molecular weight excluding hydrogens is 294 g/mol. The lowest BCUT2D eigenvalue weighted by Crippen LogP contribution is -2.29. The predicted octanol–water partition coefficient (Wildman–Crippen LogP) is 1.40. The van der Waals surface area contributed by atoms with E-state index in [1.807, 2.05) is 13.8 Å². The Morgan fingerprint density at radius 3 is 2.67 bits per heavy atom. The molecule has 1 aromatic carbocycles. The van der Waals surface area contributed by atoms with E-state index >= 15 is 0 Å². The second-order valence-electron chi connectivity index (χ2n) is 5.03. The summed E-state index contributed by atoms with van der Waals surface area (Å²) in [4.78, 5) is 10.1. The Bertz CT molecular complexity index is 573. The highest BCUT2D eigenvalue weighted by atomic mass is 32.2. The molecule has 0 saturated heterocycles. The van der Waals surface area contributed by atoms with E-state index in [1.165, 1.54) is 18.2 Å². The number of nitro groups is 1. The monoisotopic (exact) mass is 315 g/mol. The first-order valence-corrected chi connectivity index (χ1v) is 8.39. The summed E-state index contributed by atoms with van der Waals surface area (Å²) >= 11 is 0. The first kappa shape index (κ1) is 17.5. The van der Waals surface area contributed by atoms with Crippen LogP contribution in [-0.2, 0) is 16.6 Å². The summed E-state index contributed by atoms with van der Waals surface area (Å²) in [6.45, 7) is 4.68. The Balaban J connectivity index is 2.46. The molecule has 7 nitrogen and oxygen atoms in total. The van der Waals surface area contributed by atoms with Gasteiger partial charge in [-0.15, -0.1) is 0 Å². The maximum Gasteiger partial charge on any atom is 0.269 e. The van der Waals surface area contributed by atoms with E-state index in [0.717, 1.165) is 0 Å². The third-order valence-electron chi connectivity index (χ3n) is 2.76. The third-order valence-corrected chi connectivity index (χ3v) is 4.17. The van der Waals surface area contributed by atoms with Crippen molar-refractivity contribution in [2.24, 2.45) is 0 Å². The van der Waals surface area contributed by atoms with Crippen molar-refractivity contribution >= 4 is 15.7 Å². The molecule has 21 heavy (non-hydrogen) atoms. The molecule has 0 aliphatic rings. The molecule has 0 amide bonds. The number of nitro benzene ring substituents is 1. The van der Waals surface area contributed by atoms with Gasteiger partial charge in [0.05, 0.1) is 10.7 Å². The van der Waals surface area contributed by atoms with Gasteiger partial charge in [-0.25, -0.2) is 13.1 Å². The molecular formula is C13H21N3O4S. The Morgan fingerprint density at radius 2 is 2.05 bits per heavy atom. The fraction of sp³-hybridized carbons (Fsp3) is 0.538. The van der Waals surface area contributed by atoms with Crippen LogP contribution in [0.4, 0.5) is 5.69 Å². The molecule has 2 N–H and O–H groups in total. The minimum absolute atomic E-state index is 0.0294. The van der Waals surface area contributed by atoms with Crippen LogP contribution in [0.5, 0.6) is 0 Å². The van der Waals surface area contributed by atoms with Crippen molar-refractivity contribution in [2.75, 3.05) is 12.3 Å². The fourth-order valence-corrected chi connectivity index (χ4v) is 2.75. The lowest BCUT2D eigenvalue weighted by molar-refractivity contribution is -0.384. The zero-order valence-electron chi connectivity index (χ0n) is 12.2. The fourth-order valence-electron chi connectivity index (χ4n) is 1.70. The second kappa shape index (κ2) is 8.06. The summed E-state index contributed by atoms with van der Waals surface area (Å²) in [6.07, 6.45) is 0.516. The molecule has 0 unspecified atom stereocenters. The van der Waals surface area contributed by atoms with Gasteiger partial charge in [0.1, 0.15) is 0 Å². The van der Waals surface area contributed by atoms with Crippen molar-refractivity contribution in [1.29, 1.82) is 0 Å². The summed E-state index contributed by atoms with van der Waals surface area (Å²) in [5.74, 6) is 0.0294. The average Bonchev–Trinajstić information content (AvgIpc) is 2.42. The lowest BCUT2D eigenvalue weighted by atomic mass is 10.2. The topological polar surface area (TPSA) is 101 Å². The van der Waals surface area contributed by atoms with Gasteiger partial charge < -0.3 is 5.32 Å². The first-order chi connectivity index (χ1) is 9.80. The smallest absolute Gasteiger partial charge is 0.269 e. The SMILES string of the molecule is CC(C)NCCCS(=O)(=O)NCc1cccc([N+](=O)[O-])c1. The lowest BCUT2D eigenvalue weighted by Gasteiger charge is -2.09. The van der Waals surface area contributed by atoms with E-state index in [1.54, 1.807) is 6.07 Å². The summed E-state index contributed by atoms with van der Waals surface area (Å²) in [5.41, 5.74) is 0.515. The van der Waals surface area contributed by atoms with Crippen molar-refractivity contribution in [3.05, 3.63) is 39.9 Å². The van der Waals surface area contributed by atoms with E-state index in [2.05, 4.69) is 10.0 Å². The number of benzene rings is 1. The van der Waals surface area contributed by atoms with E-state index in [9.17, 15) is 18.5 Å². The largest absolute Gasteiger partial charge is 0.314 e. The standard InChI is InChI=1S/C13H21N3O4S/c1-11(2)14-7-4-8-21(19,20)15-10-12-5-3-6-13(9-12)16(17)18/h3,5-6,9,11,14-15H,4,7-8,10H2,1-2H3. The van der Waals surface area contributed by atoms with Gasteiger partial charge in [0.2, 0.25) is 10.0 Å². The summed E-state index contributed by atoms with van der Waals surface area (Å²) < 4.78 is 26.0. The van der Waals surface area contributed by atoms with Gasteiger partial charge in [0, 0.05) is 24.7 Å². The van der Waals surface area contributed by atoms with Gasteiger partial charge in [-0.1, -0.05) is 26.0 Å². The number of non-ortho nitro benzene ring substituents is 1. The third kappa shape index (κ3) is 7.16. The molecule has 0 spiro atoms. The Hall–Kier alpha value is -1.51. The van der Waals surface area contributed by atoms with Gasteiger partial charge >= 0.3 is 0 Å². The maximum absolute atomic E-state index is 11.8. The zero-order valence-corrected chi connectivity index (χ0v) is 13.0. The zero-order chi connectivity index (χ0) is 15.9. The second-order valence-corrected chi connectivity index (χ2v) is 6.96. The highest BCUT2D eigenvalue weighted by Gasteiger charge is 2.11. The molecule has 8 heteroatoms. The van der Waals surface area contributed by atoms with E-state index < -0.39 is 14.9 Å². The van der Waals surface area contributed by atoms with Crippen LogP contribution >= 0.6 is 0 Å². The molecule has 118 valence electrons. The summed E-state index contributed by atoms with van der Waals surface area (Å²) in [7, 11) is -3.37. The number of nitrogens with one attached hydrogen (secondary N) is 2. The van der Waals surface area contributed by atoms with Gasteiger partial charge in [-0.05, 0) is 18.5 Å². The van der Waals surface area contributed by atoms with Crippen LogP contribution in [0.2, 0.25) is 0 Å². The van der Waals surface area contributed by atoms with Gasteiger partial charge in [0.15, 0.2) is 0 Å². The molecule has 1 aromatic rings. The number of sulfonamides is 1. The molecule has 0 heterocycles. The van der Waals surface area contributed by atoms with Crippen LogP contribution in [0.15, 0.2) is 24.3 Å². The van der Waals surface area contributed by atoms with E-state index in [-0.39, 0.29) is 18.0 Å². The molecule has 0 atom stereocenters. The first-order valence-electron chi connectivity index (χ1n) is 6.74. The van der Waals surface area contributed by atoms with Gasteiger partial charge in [-0.2, -0.15) is 0 Å². The average molecular weight is 315 g/mol. The molecule has 0 saturated carbocycles. The highest BCUT2D eigenvalue weighted by Crippen LogP contribution is 2.13. The Labute approximate surface area is 124 Å². The van der Waals surface area contributed by atoms with Crippen LogP contribution in [-0.4, -0.2) is 31.7 Å². The summed E-state index contributed by atoms with van der Waals surface area (Å²) in [5, 5.41) is 13.8. The maximum atomic E-state index is 11.8. The predicted molar refractivity (Wildman–Crippen MR) is 81.5 cm³/mol. The molecule has 0 aliphatic heterocycles. The number of nitrogens with zero attached hydrogens (tertiary/aromatic N) is 1. The highest BCUT2D eigenvalue weighted by molar-refractivity contribution is 7.89. The Morgan fingerprint density at radius 1 is 1.33 bits per heavy atom. The van der Waals surface area contributed by atoms with E-state index in [4.69, 9.17) is 0 Å². The molecule has 0 fully saturated rings. The molecule has 0 aromatic heterocycles. The molecule has 0 bridgehead atoms. The van der Waals surface area contributed by atoms with Gasteiger partial charge in [0.25, 0.3) is 5.69 Å². The summed E-state index contributed by atoms with van der Waals surface area (Å²) in [6, 6.07) is 6.24. The van der Waals surface area contributed by atoms with Crippen LogP contribution in [0, 0.1) is 10.1 Å². The number of hydrogen-bond donors (Lipinski definition) is 2. The normalized spacial score (nSPS) is 11.8. The van der Waals surface area contributed by atoms with E-state index in [0.29, 0.717) is 24.6 Å². The molecule has 0 radical (unpaired) electrons. The van der Waals surface area contributed by atoms with Crippen molar-refractivity contribution in [2.45, 2.75) is 32.9 Å². The van der Waals surface area contributed by atoms with Crippen molar-refractivity contribution in [3.63, 3.8) is 0 Å². The Kier molecular flexibility index (Phi) is 6.73. The van der Waals surface area contributed by atoms with Gasteiger partial charge in [-0.3, -0.25) is 10.1 Å². The number of hydrogen-bond acceptors (Lipinski definition) is 5. The van der Waals surface area contributed by atoms with Crippen molar-refractivity contribution < 1.29 is 13.3 Å². The number of rotatable bonds is 9.